The lowest BCUT2D eigenvalue weighted by Gasteiger charge is -2.18. The number of fused-ring (bicyclic) bond motifs is 2. The third-order valence-electron chi connectivity index (χ3n) is 4.51. The molecule has 0 fully saturated rings. The van der Waals surface area contributed by atoms with Gasteiger partial charge in [-0.1, -0.05) is 41.9 Å². The number of para-hydroxylation sites is 1. The van der Waals surface area contributed by atoms with Crippen LogP contribution in [0.5, 0.6) is 0 Å². The van der Waals surface area contributed by atoms with Crippen molar-refractivity contribution in [2.75, 3.05) is 0 Å². The van der Waals surface area contributed by atoms with Crippen molar-refractivity contribution in [3.63, 3.8) is 0 Å². The van der Waals surface area contributed by atoms with Crippen LogP contribution in [0.1, 0.15) is 23.2 Å². The van der Waals surface area contributed by atoms with Crippen molar-refractivity contribution in [1.82, 2.24) is 4.57 Å². The topological polar surface area (TPSA) is 28.8 Å². The summed E-state index contributed by atoms with van der Waals surface area (Å²) in [6.07, 6.45) is 3.23. The molecular weight excluding hydrogens is 327 g/mol. The van der Waals surface area contributed by atoms with Crippen molar-refractivity contribution in [3.05, 3.63) is 75.7 Å². The van der Waals surface area contributed by atoms with E-state index in [1.165, 1.54) is 16.8 Å². The number of hydrogen-bond acceptors (Lipinski definition) is 1. The number of hydrogen-bond donors (Lipinski definition) is 1. The van der Waals surface area contributed by atoms with Gasteiger partial charge in [-0.15, -0.1) is 12.4 Å². The summed E-state index contributed by atoms with van der Waals surface area (Å²) in [7, 11) is 0. The van der Waals surface area contributed by atoms with Crippen LogP contribution < -0.4 is 5.36 Å². The second-order valence-corrected chi connectivity index (χ2v) is 6.32. The SMILES string of the molecule is Cl.N=c1c2c(n(Cc3cccc(Cl)c3)c3ccccc13)CCC2. The van der Waals surface area contributed by atoms with E-state index in [1.54, 1.807) is 0 Å². The predicted octanol–water partition coefficient (Wildman–Crippen LogP) is 4.73. The van der Waals surface area contributed by atoms with Gasteiger partial charge in [-0.2, -0.15) is 0 Å². The number of nitrogens with zero attached hydrogens (tertiary/aromatic N) is 1. The highest BCUT2D eigenvalue weighted by Crippen LogP contribution is 2.25. The lowest BCUT2D eigenvalue weighted by molar-refractivity contribution is 0.760. The van der Waals surface area contributed by atoms with Crippen LogP contribution in [0, 0.1) is 5.41 Å². The van der Waals surface area contributed by atoms with Gasteiger partial charge in [0.2, 0.25) is 0 Å². The largest absolute Gasteiger partial charge is 0.340 e. The predicted molar refractivity (Wildman–Crippen MR) is 97.6 cm³/mol. The first-order chi connectivity index (χ1) is 10.7. The number of aromatic nitrogens is 1. The van der Waals surface area contributed by atoms with E-state index in [4.69, 9.17) is 17.0 Å². The standard InChI is InChI=1S/C19H17ClN2.ClH/c20-14-6-3-5-13(11-14)12-22-17-9-2-1-7-15(17)19(21)16-8-4-10-18(16)22;/h1-3,5-7,9,11,21H,4,8,10,12H2;1H. The average molecular weight is 345 g/mol. The van der Waals surface area contributed by atoms with Crippen molar-refractivity contribution in [2.24, 2.45) is 0 Å². The van der Waals surface area contributed by atoms with E-state index >= 15 is 0 Å². The summed E-state index contributed by atoms with van der Waals surface area (Å²) >= 11 is 6.13. The summed E-state index contributed by atoms with van der Waals surface area (Å²) in [5, 5.41) is 11.0. The van der Waals surface area contributed by atoms with Crippen molar-refractivity contribution in [1.29, 1.82) is 5.41 Å². The fourth-order valence-electron chi connectivity index (χ4n) is 3.52. The van der Waals surface area contributed by atoms with Crippen LogP contribution in [0.3, 0.4) is 0 Å². The van der Waals surface area contributed by atoms with E-state index in [0.29, 0.717) is 5.36 Å². The van der Waals surface area contributed by atoms with Gasteiger partial charge in [0.1, 0.15) is 0 Å². The Balaban J connectivity index is 0.00000156. The van der Waals surface area contributed by atoms with Gasteiger partial charge in [0, 0.05) is 22.6 Å². The minimum Gasteiger partial charge on any atom is -0.340 e. The van der Waals surface area contributed by atoms with Crippen LogP contribution >= 0.6 is 24.0 Å². The molecule has 1 aliphatic carbocycles. The summed E-state index contributed by atoms with van der Waals surface area (Å²) in [6.45, 7) is 0.809. The summed E-state index contributed by atoms with van der Waals surface area (Å²) in [5.74, 6) is 0. The van der Waals surface area contributed by atoms with Gasteiger partial charge < -0.3 is 4.57 Å². The van der Waals surface area contributed by atoms with Gasteiger partial charge in [0.15, 0.2) is 0 Å². The number of nitrogens with one attached hydrogen (secondary N) is 1. The molecular formula is C19H18Cl2N2. The number of rotatable bonds is 2. The zero-order valence-corrected chi connectivity index (χ0v) is 14.3. The van der Waals surface area contributed by atoms with Crippen LogP contribution in [-0.2, 0) is 19.4 Å². The molecule has 0 saturated carbocycles. The quantitative estimate of drug-likeness (QED) is 0.696. The molecule has 118 valence electrons. The molecule has 3 aromatic rings. The van der Waals surface area contributed by atoms with E-state index in [1.807, 2.05) is 24.3 Å². The van der Waals surface area contributed by atoms with E-state index in [2.05, 4.69) is 28.8 Å². The molecule has 2 nitrogen and oxygen atoms in total. The molecule has 0 atom stereocenters. The third-order valence-corrected chi connectivity index (χ3v) is 4.75. The van der Waals surface area contributed by atoms with Crippen molar-refractivity contribution >= 4 is 34.9 Å². The number of benzene rings is 2. The van der Waals surface area contributed by atoms with E-state index < -0.39 is 0 Å². The van der Waals surface area contributed by atoms with Crippen LogP contribution in [0.2, 0.25) is 5.02 Å². The Kier molecular flexibility index (Phi) is 4.47. The van der Waals surface area contributed by atoms with Gasteiger partial charge in [-0.05, 0) is 48.6 Å². The first-order valence-corrected chi connectivity index (χ1v) is 8.04. The molecule has 0 saturated heterocycles. The molecule has 0 aliphatic heterocycles. The summed E-state index contributed by atoms with van der Waals surface area (Å²) in [6, 6.07) is 16.3. The van der Waals surface area contributed by atoms with E-state index in [0.717, 1.165) is 41.7 Å². The van der Waals surface area contributed by atoms with Crippen molar-refractivity contribution in [2.45, 2.75) is 25.8 Å². The van der Waals surface area contributed by atoms with E-state index in [-0.39, 0.29) is 12.4 Å². The Morgan fingerprint density at radius 3 is 2.70 bits per heavy atom. The maximum atomic E-state index is 8.50. The monoisotopic (exact) mass is 344 g/mol. The highest BCUT2D eigenvalue weighted by Gasteiger charge is 2.19. The summed E-state index contributed by atoms with van der Waals surface area (Å²) < 4.78 is 2.38. The van der Waals surface area contributed by atoms with Crippen molar-refractivity contribution < 1.29 is 0 Å². The molecule has 1 heterocycles. The average Bonchev–Trinajstić information content (AvgIpc) is 3.01. The molecule has 1 aromatic heterocycles. The van der Waals surface area contributed by atoms with Crippen molar-refractivity contribution in [3.8, 4) is 0 Å². The molecule has 4 heteroatoms. The van der Waals surface area contributed by atoms with Crippen LogP contribution in [0.4, 0.5) is 0 Å². The maximum absolute atomic E-state index is 8.50. The normalized spacial score (nSPS) is 12.9. The molecule has 0 radical (unpaired) electrons. The first-order valence-electron chi connectivity index (χ1n) is 7.66. The fourth-order valence-corrected chi connectivity index (χ4v) is 3.73. The number of pyridine rings is 1. The minimum absolute atomic E-state index is 0. The van der Waals surface area contributed by atoms with Gasteiger partial charge in [-0.3, -0.25) is 5.41 Å². The third kappa shape index (κ3) is 2.77. The highest BCUT2D eigenvalue weighted by atomic mass is 35.5. The maximum Gasteiger partial charge on any atom is 0.0682 e. The second kappa shape index (κ2) is 6.38. The van der Waals surface area contributed by atoms with E-state index in [9.17, 15) is 0 Å². The molecule has 0 bridgehead atoms. The van der Waals surface area contributed by atoms with Gasteiger partial charge in [0.25, 0.3) is 0 Å². The highest BCUT2D eigenvalue weighted by molar-refractivity contribution is 6.30. The minimum atomic E-state index is 0. The first kappa shape index (κ1) is 16.1. The zero-order valence-electron chi connectivity index (χ0n) is 12.7. The Labute approximate surface area is 146 Å². The smallest absolute Gasteiger partial charge is 0.0682 e. The molecule has 0 unspecified atom stereocenters. The molecule has 23 heavy (non-hydrogen) atoms. The Morgan fingerprint density at radius 1 is 1.04 bits per heavy atom. The molecule has 4 rings (SSSR count). The Hall–Kier alpha value is -1.77. The van der Waals surface area contributed by atoms with Crippen LogP contribution in [0.25, 0.3) is 10.9 Å². The lowest BCUT2D eigenvalue weighted by atomic mass is 10.1. The summed E-state index contributed by atoms with van der Waals surface area (Å²) in [5.41, 5.74) is 4.90. The molecule has 1 N–H and O–H groups in total. The van der Waals surface area contributed by atoms with Gasteiger partial charge in [-0.25, -0.2) is 0 Å². The fraction of sp³-hybridized carbons (Fsp3) is 0.211. The zero-order chi connectivity index (χ0) is 15.1. The Morgan fingerprint density at radius 2 is 1.87 bits per heavy atom. The summed E-state index contributed by atoms with van der Waals surface area (Å²) in [4.78, 5) is 0. The second-order valence-electron chi connectivity index (χ2n) is 5.89. The lowest BCUT2D eigenvalue weighted by Crippen LogP contribution is -2.17. The van der Waals surface area contributed by atoms with Crippen LogP contribution in [0.15, 0.2) is 48.5 Å². The molecule has 0 amide bonds. The van der Waals surface area contributed by atoms with Crippen LogP contribution in [-0.4, -0.2) is 4.57 Å². The molecule has 2 aromatic carbocycles. The van der Waals surface area contributed by atoms with Gasteiger partial charge >= 0.3 is 0 Å². The van der Waals surface area contributed by atoms with Gasteiger partial charge in [0.05, 0.1) is 10.9 Å². The number of halogens is 2. The molecule has 0 spiro atoms. The Bertz CT molecular complexity index is 928. The molecule has 1 aliphatic rings.